The van der Waals surface area contributed by atoms with Gasteiger partial charge in [0.05, 0.1) is 3.79 Å². The molecule has 0 aliphatic heterocycles. The fourth-order valence-corrected chi connectivity index (χ4v) is 3.52. The minimum Gasteiger partial charge on any atom is -0.307 e. The average Bonchev–Trinajstić information content (AvgIpc) is 2.75. The van der Waals surface area contributed by atoms with Crippen LogP contribution in [-0.4, -0.2) is 6.04 Å². The molecule has 1 aromatic heterocycles. The first kappa shape index (κ1) is 10.7. The molecule has 1 aromatic rings. The van der Waals surface area contributed by atoms with Crippen LogP contribution in [0.15, 0.2) is 15.9 Å². The summed E-state index contributed by atoms with van der Waals surface area (Å²) in [5.74, 6) is 0. The van der Waals surface area contributed by atoms with Gasteiger partial charge in [0.1, 0.15) is 0 Å². The van der Waals surface area contributed by atoms with Gasteiger partial charge in [0.15, 0.2) is 0 Å². The van der Waals surface area contributed by atoms with Crippen LogP contribution in [0.2, 0.25) is 0 Å². The molecule has 1 aliphatic carbocycles. The summed E-state index contributed by atoms with van der Waals surface area (Å²) >= 11 is 5.34. The summed E-state index contributed by atoms with van der Waals surface area (Å²) in [5, 5.41) is 3.70. The van der Waals surface area contributed by atoms with Crippen LogP contribution in [0.1, 0.15) is 43.5 Å². The Morgan fingerprint density at radius 1 is 1.43 bits per heavy atom. The first-order chi connectivity index (χ1) is 6.75. The smallest absolute Gasteiger partial charge is 0.0701 e. The zero-order valence-electron chi connectivity index (χ0n) is 8.42. The molecule has 1 fully saturated rings. The van der Waals surface area contributed by atoms with Crippen molar-refractivity contribution in [3.8, 4) is 0 Å². The molecule has 1 saturated carbocycles. The average molecular weight is 274 g/mol. The Morgan fingerprint density at radius 3 is 2.71 bits per heavy atom. The quantitative estimate of drug-likeness (QED) is 0.874. The van der Waals surface area contributed by atoms with Crippen molar-refractivity contribution in [3.63, 3.8) is 0 Å². The lowest BCUT2D eigenvalue weighted by atomic mass is 10.2. The van der Waals surface area contributed by atoms with Crippen LogP contribution in [0, 0.1) is 0 Å². The van der Waals surface area contributed by atoms with Crippen LogP contribution in [0.3, 0.4) is 0 Å². The fraction of sp³-hybridized carbons (Fsp3) is 0.636. The predicted molar refractivity (Wildman–Crippen MR) is 65.8 cm³/mol. The molecule has 1 heterocycles. The number of thiophene rings is 1. The zero-order chi connectivity index (χ0) is 9.97. The van der Waals surface area contributed by atoms with E-state index in [1.165, 1.54) is 34.3 Å². The first-order valence-corrected chi connectivity index (χ1v) is 6.88. The van der Waals surface area contributed by atoms with Gasteiger partial charge in [0.25, 0.3) is 0 Å². The third-order valence-electron chi connectivity index (χ3n) is 2.86. The van der Waals surface area contributed by atoms with E-state index in [1.54, 1.807) is 0 Å². The molecule has 14 heavy (non-hydrogen) atoms. The lowest BCUT2D eigenvalue weighted by Crippen LogP contribution is -2.28. The van der Waals surface area contributed by atoms with E-state index < -0.39 is 0 Å². The molecule has 78 valence electrons. The number of halogens is 1. The summed E-state index contributed by atoms with van der Waals surface area (Å²) in [6.07, 6.45) is 5.52. The normalized spacial score (nSPS) is 20.1. The van der Waals surface area contributed by atoms with Crippen molar-refractivity contribution < 1.29 is 0 Å². The van der Waals surface area contributed by atoms with E-state index in [-0.39, 0.29) is 0 Å². The van der Waals surface area contributed by atoms with Crippen LogP contribution in [0.4, 0.5) is 0 Å². The first-order valence-electron chi connectivity index (χ1n) is 5.27. The molecule has 0 aromatic carbocycles. The van der Waals surface area contributed by atoms with Gasteiger partial charge in [0.2, 0.25) is 0 Å². The lowest BCUT2D eigenvalue weighted by molar-refractivity contribution is 0.465. The van der Waals surface area contributed by atoms with E-state index in [9.17, 15) is 0 Å². The van der Waals surface area contributed by atoms with Gasteiger partial charge in [-0.3, -0.25) is 0 Å². The third-order valence-corrected chi connectivity index (χ3v) is 4.67. The Bertz CT molecular complexity index is 291. The molecule has 2 rings (SSSR count). The van der Waals surface area contributed by atoms with Crippen molar-refractivity contribution in [2.75, 3.05) is 0 Å². The van der Waals surface area contributed by atoms with E-state index >= 15 is 0 Å². The van der Waals surface area contributed by atoms with Crippen molar-refractivity contribution >= 4 is 27.3 Å². The van der Waals surface area contributed by atoms with E-state index in [4.69, 9.17) is 0 Å². The van der Waals surface area contributed by atoms with Gasteiger partial charge >= 0.3 is 0 Å². The highest BCUT2D eigenvalue weighted by Crippen LogP contribution is 2.28. The molecule has 1 unspecified atom stereocenters. The minimum atomic E-state index is 0.509. The van der Waals surface area contributed by atoms with Crippen LogP contribution in [-0.2, 0) is 0 Å². The fourth-order valence-electron chi connectivity index (χ4n) is 2.09. The maximum Gasteiger partial charge on any atom is 0.0701 e. The summed E-state index contributed by atoms with van der Waals surface area (Å²) in [6.45, 7) is 2.26. The van der Waals surface area contributed by atoms with Crippen LogP contribution < -0.4 is 5.32 Å². The van der Waals surface area contributed by atoms with Gasteiger partial charge in [-0.2, -0.15) is 0 Å². The van der Waals surface area contributed by atoms with Gasteiger partial charge in [-0.25, -0.2) is 0 Å². The van der Waals surface area contributed by atoms with E-state index in [1.807, 2.05) is 11.3 Å². The zero-order valence-corrected chi connectivity index (χ0v) is 10.8. The Balaban J connectivity index is 1.91. The molecular weight excluding hydrogens is 258 g/mol. The van der Waals surface area contributed by atoms with Crippen LogP contribution in [0.25, 0.3) is 0 Å². The number of nitrogens with one attached hydrogen (secondary N) is 1. The molecule has 3 heteroatoms. The number of hydrogen-bond acceptors (Lipinski definition) is 2. The summed E-state index contributed by atoms with van der Waals surface area (Å²) in [6, 6.07) is 5.61. The van der Waals surface area contributed by atoms with Crippen molar-refractivity contribution in [2.24, 2.45) is 0 Å². The standard InChI is InChI=1S/C11H16BrNS/c1-8(10-6-7-11(12)14-10)13-9-4-2-3-5-9/h6-9,13H,2-5H2,1H3. The molecule has 0 amide bonds. The minimum absolute atomic E-state index is 0.509. The Kier molecular flexibility index (Phi) is 3.63. The second-order valence-corrected chi connectivity index (χ2v) is 6.51. The van der Waals surface area contributed by atoms with E-state index in [0.717, 1.165) is 6.04 Å². The Morgan fingerprint density at radius 2 is 2.14 bits per heavy atom. The van der Waals surface area contributed by atoms with Crippen molar-refractivity contribution in [2.45, 2.75) is 44.7 Å². The molecule has 0 spiro atoms. The van der Waals surface area contributed by atoms with Gasteiger partial charge in [-0.05, 0) is 47.8 Å². The van der Waals surface area contributed by atoms with Gasteiger partial charge in [-0.15, -0.1) is 11.3 Å². The van der Waals surface area contributed by atoms with E-state index in [2.05, 4.69) is 40.3 Å². The molecular formula is C11H16BrNS. The van der Waals surface area contributed by atoms with Crippen molar-refractivity contribution in [3.05, 3.63) is 20.8 Å². The predicted octanol–water partition coefficient (Wildman–Crippen LogP) is 4.10. The highest BCUT2D eigenvalue weighted by molar-refractivity contribution is 9.11. The number of hydrogen-bond donors (Lipinski definition) is 1. The van der Waals surface area contributed by atoms with Crippen LogP contribution >= 0.6 is 27.3 Å². The summed E-state index contributed by atoms with van der Waals surface area (Å²) in [5.41, 5.74) is 0. The molecule has 0 radical (unpaired) electrons. The molecule has 1 nitrogen and oxygen atoms in total. The topological polar surface area (TPSA) is 12.0 Å². The Labute approximate surface area is 98.0 Å². The number of rotatable bonds is 3. The van der Waals surface area contributed by atoms with Gasteiger partial charge in [0, 0.05) is 17.0 Å². The van der Waals surface area contributed by atoms with Crippen molar-refractivity contribution in [1.82, 2.24) is 5.32 Å². The van der Waals surface area contributed by atoms with E-state index in [0.29, 0.717) is 6.04 Å². The lowest BCUT2D eigenvalue weighted by Gasteiger charge is -2.17. The summed E-state index contributed by atoms with van der Waals surface area (Å²) in [7, 11) is 0. The summed E-state index contributed by atoms with van der Waals surface area (Å²) < 4.78 is 1.23. The maximum atomic E-state index is 3.70. The second kappa shape index (κ2) is 4.77. The second-order valence-electron chi connectivity index (χ2n) is 4.01. The SMILES string of the molecule is CC(NC1CCCC1)c1ccc(Br)s1. The maximum absolute atomic E-state index is 3.70. The van der Waals surface area contributed by atoms with Gasteiger partial charge < -0.3 is 5.32 Å². The molecule has 0 saturated heterocycles. The molecule has 1 aliphatic rings. The highest BCUT2D eigenvalue weighted by Gasteiger charge is 2.18. The third kappa shape index (κ3) is 2.59. The molecule has 1 atom stereocenters. The monoisotopic (exact) mass is 273 g/mol. The molecule has 0 bridgehead atoms. The van der Waals surface area contributed by atoms with Crippen LogP contribution in [0.5, 0.6) is 0 Å². The van der Waals surface area contributed by atoms with Crippen molar-refractivity contribution in [1.29, 1.82) is 0 Å². The Hall–Kier alpha value is 0.140. The largest absolute Gasteiger partial charge is 0.307 e. The van der Waals surface area contributed by atoms with Gasteiger partial charge in [-0.1, -0.05) is 12.8 Å². The molecule has 1 N–H and O–H groups in total. The summed E-state index contributed by atoms with van der Waals surface area (Å²) in [4.78, 5) is 1.43. The highest BCUT2D eigenvalue weighted by atomic mass is 79.9.